The molecule has 0 radical (unpaired) electrons. The van der Waals surface area contributed by atoms with Crippen molar-refractivity contribution < 1.29 is 87.0 Å². The molecule has 0 aliphatic rings. The molecule has 0 spiro atoms. The standard InChI is InChI=1S/2C10H13I.2C2H2F4O6S2/c2*1-10(2,3)8-4-6-9(11)7-5-8;2*3-1(4,5)2(6,13(7,8)9)14(10,11)12/h2*4-7H,1-3H3;2*(H,7,8,9)(H,10,11,12). The molecule has 0 bridgehead atoms. The second-order valence-electron chi connectivity index (χ2n) is 11.5. The first-order valence-corrected chi connectivity index (χ1v) is 20.3. The smallest absolute Gasteiger partial charge is 0.282 e. The summed E-state index contributed by atoms with van der Waals surface area (Å²) >= 11 is 4.65. The fraction of sp³-hybridized carbons (Fsp3) is 0.500. The molecule has 4 N–H and O–H groups in total. The first kappa shape index (κ1) is 51.1. The van der Waals surface area contributed by atoms with E-state index in [0.29, 0.717) is 0 Å². The molecule has 0 aliphatic carbocycles. The van der Waals surface area contributed by atoms with E-state index in [9.17, 15) is 68.8 Å². The normalized spacial score (nSPS) is 13.8. The summed E-state index contributed by atoms with van der Waals surface area (Å²) in [5, 5.41) is 0. The van der Waals surface area contributed by atoms with Crippen LogP contribution < -0.4 is 0 Å². The molecule has 2 aromatic rings. The quantitative estimate of drug-likeness (QED) is 0.137. The lowest BCUT2D eigenvalue weighted by Crippen LogP contribution is -2.53. The molecule has 0 atom stereocenters. The molecular weight excluding hydrogens is 1010 g/mol. The van der Waals surface area contributed by atoms with Crippen LogP contribution in [0.5, 0.6) is 0 Å². The van der Waals surface area contributed by atoms with Gasteiger partial charge in [0.05, 0.1) is 0 Å². The monoisotopic (exact) mass is 1040 g/mol. The minimum absolute atomic E-state index is 0.282. The van der Waals surface area contributed by atoms with Crippen molar-refractivity contribution in [1.82, 2.24) is 0 Å². The maximum atomic E-state index is 12.5. The first-order chi connectivity index (χ1) is 21.5. The minimum Gasteiger partial charge on any atom is -0.282 e. The van der Waals surface area contributed by atoms with Crippen LogP contribution in [-0.2, 0) is 51.3 Å². The second-order valence-corrected chi connectivity index (χ2v) is 20.5. The average molecular weight is 1040 g/mol. The highest BCUT2D eigenvalue weighted by Gasteiger charge is 2.76. The van der Waals surface area contributed by atoms with Crippen molar-refractivity contribution in [2.24, 2.45) is 0 Å². The Labute approximate surface area is 310 Å². The number of benzene rings is 2. The van der Waals surface area contributed by atoms with Gasteiger partial charge in [0.2, 0.25) is 0 Å². The van der Waals surface area contributed by atoms with E-state index in [1.54, 1.807) is 0 Å². The van der Waals surface area contributed by atoms with Gasteiger partial charge in [-0.05, 0) is 91.4 Å². The van der Waals surface area contributed by atoms with Gasteiger partial charge in [0.1, 0.15) is 0 Å². The largest absolute Gasteiger partial charge is 0.458 e. The Kier molecular flexibility index (Phi) is 17.3. The molecule has 0 saturated carbocycles. The predicted molar refractivity (Wildman–Crippen MR) is 182 cm³/mol. The molecule has 26 heteroatoms. The van der Waals surface area contributed by atoms with Gasteiger partial charge in [-0.15, -0.1) is 0 Å². The summed E-state index contributed by atoms with van der Waals surface area (Å²) < 4.78 is 195. The number of halogens is 10. The molecule has 292 valence electrons. The summed E-state index contributed by atoms with van der Waals surface area (Å²) in [5.41, 5.74) is 3.37. The Morgan fingerprint density at radius 1 is 0.420 bits per heavy atom. The van der Waals surface area contributed by atoms with Gasteiger partial charge >= 0.3 is 61.5 Å². The van der Waals surface area contributed by atoms with Crippen LogP contribution in [0.4, 0.5) is 35.1 Å². The molecule has 0 heterocycles. The lowest BCUT2D eigenvalue weighted by Gasteiger charge is -2.20. The van der Waals surface area contributed by atoms with Crippen LogP contribution in [0.1, 0.15) is 52.7 Å². The zero-order valence-electron chi connectivity index (χ0n) is 26.1. The van der Waals surface area contributed by atoms with E-state index in [4.69, 9.17) is 18.2 Å². The Balaban J connectivity index is 0. The van der Waals surface area contributed by atoms with Gasteiger partial charge in [-0.25, -0.2) is 0 Å². The summed E-state index contributed by atoms with van der Waals surface area (Å²) in [6.07, 6.45) is -13.0. The van der Waals surface area contributed by atoms with E-state index in [-0.39, 0.29) is 10.8 Å². The van der Waals surface area contributed by atoms with Crippen LogP contribution in [0.2, 0.25) is 0 Å². The van der Waals surface area contributed by atoms with Crippen LogP contribution in [0, 0.1) is 7.14 Å². The summed E-state index contributed by atoms with van der Waals surface area (Å²) in [7, 11) is -26.8. The van der Waals surface area contributed by atoms with Gasteiger partial charge in [-0.2, -0.15) is 68.8 Å². The van der Waals surface area contributed by atoms with E-state index in [0.717, 1.165) is 0 Å². The van der Waals surface area contributed by atoms with E-state index in [1.165, 1.54) is 18.3 Å². The highest BCUT2D eigenvalue weighted by Crippen LogP contribution is 2.42. The lowest BCUT2D eigenvalue weighted by molar-refractivity contribution is -0.174. The molecule has 50 heavy (non-hydrogen) atoms. The van der Waals surface area contributed by atoms with Crippen molar-refractivity contribution in [2.75, 3.05) is 0 Å². The third kappa shape index (κ3) is 13.8. The molecule has 0 aromatic heterocycles. The molecule has 0 fully saturated rings. The third-order valence-electron chi connectivity index (χ3n) is 5.42. The van der Waals surface area contributed by atoms with Crippen LogP contribution in [0.3, 0.4) is 0 Å². The molecule has 0 unspecified atom stereocenters. The Morgan fingerprint density at radius 3 is 0.660 bits per heavy atom. The zero-order chi connectivity index (χ0) is 41.0. The number of rotatable bonds is 4. The van der Waals surface area contributed by atoms with E-state index in [2.05, 4.69) is 135 Å². The summed E-state index contributed by atoms with van der Waals surface area (Å²) in [6.45, 7) is 13.4. The third-order valence-corrected chi connectivity index (χ3v) is 13.0. The Morgan fingerprint density at radius 2 is 0.580 bits per heavy atom. The van der Waals surface area contributed by atoms with Gasteiger partial charge in [0, 0.05) is 7.14 Å². The number of hydrogen-bond acceptors (Lipinski definition) is 8. The fourth-order valence-corrected chi connectivity index (χ4v) is 6.77. The summed E-state index contributed by atoms with van der Waals surface area (Å²) in [4.78, 5) is 0. The van der Waals surface area contributed by atoms with Gasteiger partial charge in [-0.3, -0.25) is 18.2 Å². The van der Waals surface area contributed by atoms with E-state index >= 15 is 0 Å². The fourth-order valence-electron chi connectivity index (χ4n) is 2.75. The molecule has 12 nitrogen and oxygen atoms in total. The van der Waals surface area contributed by atoms with Crippen LogP contribution in [0.15, 0.2) is 48.5 Å². The maximum Gasteiger partial charge on any atom is 0.458 e. The summed E-state index contributed by atoms with van der Waals surface area (Å²) in [6, 6.07) is 17.4. The van der Waals surface area contributed by atoms with Crippen LogP contribution in [-0.4, -0.2) is 72.9 Å². The predicted octanol–water partition coefficient (Wildman–Crippen LogP) is 7.07. The topological polar surface area (TPSA) is 217 Å². The van der Waals surface area contributed by atoms with E-state index in [1.807, 2.05) is 0 Å². The minimum atomic E-state index is -6.71. The zero-order valence-corrected chi connectivity index (χ0v) is 33.7. The highest BCUT2D eigenvalue weighted by molar-refractivity contribution is 14.1. The lowest BCUT2D eigenvalue weighted by atomic mass is 9.87. The summed E-state index contributed by atoms with van der Waals surface area (Å²) in [5.74, 6) is 0. The first-order valence-electron chi connectivity index (χ1n) is 12.4. The van der Waals surface area contributed by atoms with Gasteiger partial charge in [0.25, 0.3) is 0 Å². The molecular formula is C24H30F8I2O12S4. The van der Waals surface area contributed by atoms with Crippen molar-refractivity contribution in [2.45, 2.75) is 73.4 Å². The molecule has 0 amide bonds. The Bertz CT molecular complexity index is 1670. The second kappa shape index (κ2) is 17.0. The molecule has 2 rings (SSSR count). The molecule has 0 saturated heterocycles. The average Bonchev–Trinajstić information content (AvgIpc) is 2.84. The van der Waals surface area contributed by atoms with Gasteiger partial charge in [-0.1, -0.05) is 65.8 Å². The van der Waals surface area contributed by atoms with Crippen molar-refractivity contribution in [3.63, 3.8) is 0 Å². The number of hydrogen-bond donors (Lipinski definition) is 4. The maximum absolute atomic E-state index is 12.5. The van der Waals surface area contributed by atoms with Gasteiger partial charge in [0.15, 0.2) is 0 Å². The van der Waals surface area contributed by atoms with Gasteiger partial charge < -0.3 is 0 Å². The van der Waals surface area contributed by atoms with E-state index < -0.39 is 61.5 Å². The van der Waals surface area contributed by atoms with Crippen molar-refractivity contribution in [1.29, 1.82) is 0 Å². The SMILES string of the molecule is CC(C)(C)c1ccc(I)cc1.CC(C)(C)c1ccc(I)cc1.O=S(=O)(O)C(F)(C(F)(F)F)S(=O)(=O)O.O=S(=O)(O)C(F)(C(F)(F)F)S(=O)(=O)O. The number of alkyl halides is 8. The molecule has 0 aliphatic heterocycles. The van der Waals surface area contributed by atoms with Crippen LogP contribution >= 0.6 is 45.2 Å². The molecule has 2 aromatic carbocycles. The van der Waals surface area contributed by atoms with Crippen molar-refractivity contribution in [3.8, 4) is 0 Å². The highest BCUT2D eigenvalue weighted by atomic mass is 127. The Hall–Kier alpha value is -1.02. The van der Waals surface area contributed by atoms with Crippen molar-refractivity contribution in [3.05, 3.63) is 66.8 Å². The van der Waals surface area contributed by atoms with Crippen molar-refractivity contribution >= 4 is 85.7 Å². The van der Waals surface area contributed by atoms with Crippen LogP contribution in [0.25, 0.3) is 0 Å².